The number of hydrogen-bond acceptors (Lipinski definition) is 5. The van der Waals surface area contributed by atoms with Gasteiger partial charge in [0.25, 0.3) is 5.91 Å². The summed E-state index contributed by atoms with van der Waals surface area (Å²) in [5.41, 5.74) is 0.0324. The molecule has 0 saturated carbocycles. The Kier molecular flexibility index (Phi) is 5.49. The first-order valence-corrected chi connectivity index (χ1v) is 8.49. The quantitative estimate of drug-likeness (QED) is 0.794. The molecule has 124 valence electrons. The highest BCUT2D eigenvalue weighted by molar-refractivity contribution is 7.99. The molecule has 2 aromatic heterocycles. The number of carbonyl (C=O) groups is 1. The molecule has 0 radical (unpaired) electrons. The van der Waals surface area contributed by atoms with Gasteiger partial charge in [-0.15, -0.1) is 11.8 Å². The van der Waals surface area contributed by atoms with E-state index in [-0.39, 0.29) is 12.5 Å². The molecular weight excluding hydrogens is 312 g/mol. The van der Waals surface area contributed by atoms with Gasteiger partial charge in [-0.25, -0.2) is 4.98 Å². The van der Waals surface area contributed by atoms with E-state index >= 15 is 0 Å². The normalized spacial score (nSPS) is 13.6. The number of pyridine rings is 1. The first kappa shape index (κ1) is 17.6. The summed E-state index contributed by atoms with van der Waals surface area (Å²) in [4.78, 5) is 16.5. The van der Waals surface area contributed by atoms with Crippen molar-refractivity contribution in [2.24, 2.45) is 0 Å². The molecule has 0 aliphatic carbocycles. The Morgan fingerprint density at radius 2 is 2.17 bits per heavy atom. The topological polar surface area (TPSA) is 75.4 Å². The number of aliphatic hydroxyl groups is 1. The van der Waals surface area contributed by atoms with Crippen molar-refractivity contribution in [3.05, 3.63) is 47.0 Å². The fraction of sp³-hybridized carbons (Fsp3) is 0.412. The van der Waals surface area contributed by atoms with E-state index in [9.17, 15) is 9.90 Å². The SMILES string of the molecule is CCSc1cc(C(=O)NCC(C)(O)c2cc(C)oc2C)ccn1. The van der Waals surface area contributed by atoms with Crippen molar-refractivity contribution in [1.82, 2.24) is 10.3 Å². The van der Waals surface area contributed by atoms with Crippen molar-refractivity contribution < 1.29 is 14.3 Å². The second kappa shape index (κ2) is 7.19. The maximum absolute atomic E-state index is 12.3. The van der Waals surface area contributed by atoms with Crippen LogP contribution in [-0.4, -0.2) is 28.3 Å². The van der Waals surface area contributed by atoms with Crippen LogP contribution in [0.2, 0.25) is 0 Å². The predicted octanol–water partition coefficient (Wildman–Crippen LogP) is 3.04. The summed E-state index contributed by atoms with van der Waals surface area (Å²) < 4.78 is 5.45. The van der Waals surface area contributed by atoms with Crippen molar-refractivity contribution in [2.45, 2.75) is 38.3 Å². The van der Waals surface area contributed by atoms with E-state index in [1.807, 2.05) is 13.8 Å². The van der Waals surface area contributed by atoms with Gasteiger partial charge in [0.2, 0.25) is 0 Å². The summed E-state index contributed by atoms with van der Waals surface area (Å²) in [5.74, 6) is 2.06. The maximum Gasteiger partial charge on any atom is 0.251 e. The molecule has 2 aromatic rings. The predicted molar refractivity (Wildman–Crippen MR) is 90.7 cm³/mol. The van der Waals surface area contributed by atoms with Gasteiger partial charge in [0.1, 0.15) is 17.1 Å². The highest BCUT2D eigenvalue weighted by Gasteiger charge is 2.28. The summed E-state index contributed by atoms with van der Waals surface area (Å²) in [6.45, 7) is 7.43. The Labute approximate surface area is 140 Å². The minimum atomic E-state index is -1.19. The number of thioether (sulfide) groups is 1. The average Bonchev–Trinajstić information content (AvgIpc) is 2.85. The van der Waals surface area contributed by atoms with Crippen molar-refractivity contribution in [1.29, 1.82) is 0 Å². The van der Waals surface area contributed by atoms with E-state index < -0.39 is 5.60 Å². The zero-order chi connectivity index (χ0) is 17.0. The molecule has 5 nitrogen and oxygen atoms in total. The van der Waals surface area contributed by atoms with E-state index in [0.717, 1.165) is 16.5 Å². The molecule has 2 rings (SSSR count). The number of nitrogens with zero attached hydrogens (tertiary/aromatic N) is 1. The number of hydrogen-bond donors (Lipinski definition) is 2. The molecule has 0 spiro atoms. The number of rotatable bonds is 6. The molecular formula is C17H22N2O3S. The average molecular weight is 334 g/mol. The largest absolute Gasteiger partial charge is 0.466 e. The molecule has 0 aliphatic heterocycles. The van der Waals surface area contributed by atoms with E-state index in [0.29, 0.717) is 16.9 Å². The molecule has 2 heterocycles. The van der Waals surface area contributed by atoms with Crippen LogP contribution in [0.15, 0.2) is 33.8 Å². The van der Waals surface area contributed by atoms with Crippen LogP contribution in [0.3, 0.4) is 0 Å². The van der Waals surface area contributed by atoms with Gasteiger partial charge in [-0.1, -0.05) is 6.92 Å². The third kappa shape index (κ3) is 4.36. The number of nitrogens with one attached hydrogen (secondary N) is 1. The molecule has 1 unspecified atom stereocenters. The second-order valence-electron chi connectivity index (χ2n) is 5.60. The van der Waals surface area contributed by atoms with E-state index in [1.165, 1.54) is 0 Å². The van der Waals surface area contributed by atoms with E-state index in [4.69, 9.17) is 4.42 Å². The molecule has 1 amide bonds. The molecule has 1 atom stereocenters. The number of amides is 1. The smallest absolute Gasteiger partial charge is 0.251 e. The Bertz CT molecular complexity index is 695. The number of aromatic nitrogens is 1. The van der Waals surface area contributed by atoms with Crippen LogP contribution in [0.4, 0.5) is 0 Å². The van der Waals surface area contributed by atoms with Gasteiger partial charge in [0.15, 0.2) is 0 Å². The minimum absolute atomic E-state index is 0.101. The molecule has 0 bridgehead atoms. The molecule has 0 aromatic carbocycles. The Balaban J connectivity index is 2.06. The van der Waals surface area contributed by atoms with Crippen LogP contribution in [0.1, 0.15) is 41.3 Å². The van der Waals surface area contributed by atoms with Crippen LogP contribution in [0, 0.1) is 13.8 Å². The highest BCUT2D eigenvalue weighted by Crippen LogP contribution is 2.26. The lowest BCUT2D eigenvalue weighted by Gasteiger charge is -2.23. The molecule has 23 heavy (non-hydrogen) atoms. The van der Waals surface area contributed by atoms with Crippen LogP contribution in [-0.2, 0) is 5.60 Å². The summed E-state index contributed by atoms with van der Waals surface area (Å²) in [5, 5.41) is 14.2. The molecule has 0 fully saturated rings. The van der Waals surface area contributed by atoms with Gasteiger partial charge >= 0.3 is 0 Å². The van der Waals surface area contributed by atoms with Crippen molar-refractivity contribution in [3.63, 3.8) is 0 Å². The lowest BCUT2D eigenvalue weighted by Crippen LogP contribution is -2.38. The van der Waals surface area contributed by atoms with Gasteiger partial charge in [-0.05, 0) is 44.7 Å². The molecule has 0 saturated heterocycles. The van der Waals surface area contributed by atoms with Gasteiger partial charge in [-0.2, -0.15) is 0 Å². The standard InChI is InChI=1S/C17H22N2O3S/c1-5-23-15-9-13(6-7-18-15)16(20)19-10-17(4,21)14-8-11(2)22-12(14)3/h6-9,21H,5,10H2,1-4H3,(H,19,20). The minimum Gasteiger partial charge on any atom is -0.466 e. The summed E-state index contributed by atoms with van der Waals surface area (Å²) in [6, 6.07) is 5.21. The van der Waals surface area contributed by atoms with Crippen LogP contribution < -0.4 is 5.32 Å². The molecule has 2 N–H and O–H groups in total. The van der Waals surface area contributed by atoms with E-state index in [1.54, 1.807) is 50.0 Å². The van der Waals surface area contributed by atoms with Gasteiger partial charge in [0, 0.05) is 17.3 Å². The van der Waals surface area contributed by atoms with Gasteiger partial charge in [-0.3, -0.25) is 4.79 Å². The third-order valence-electron chi connectivity index (χ3n) is 3.50. The van der Waals surface area contributed by atoms with E-state index in [2.05, 4.69) is 10.3 Å². The first-order valence-electron chi connectivity index (χ1n) is 7.50. The summed E-state index contributed by atoms with van der Waals surface area (Å²) >= 11 is 1.58. The van der Waals surface area contributed by atoms with Crippen LogP contribution >= 0.6 is 11.8 Å². The first-order chi connectivity index (χ1) is 10.8. The van der Waals surface area contributed by atoms with Gasteiger partial charge in [0.05, 0.1) is 11.6 Å². The van der Waals surface area contributed by atoms with Gasteiger partial charge < -0.3 is 14.8 Å². The number of aryl methyl sites for hydroxylation is 2. The second-order valence-corrected chi connectivity index (χ2v) is 6.88. The Morgan fingerprint density at radius 1 is 1.43 bits per heavy atom. The van der Waals surface area contributed by atoms with Crippen molar-refractivity contribution in [2.75, 3.05) is 12.3 Å². The van der Waals surface area contributed by atoms with Crippen molar-refractivity contribution >= 4 is 17.7 Å². The lowest BCUT2D eigenvalue weighted by molar-refractivity contribution is 0.0514. The monoisotopic (exact) mass is 334 g/mol. The zero-order valence-corrected chi connectivity index (χ0v) is 14.7. The lowest BCUT2D eigenvalue weighted by atomic mass is 9.96. The fourth-order valence-corrected chi connectivity index (χ4v) is 3.03. The fourth-order valence-electron chi connectivity index (χ4n) is 2.39. The van der Waals surface area contributed by atoms with Crippen LogP contribution in [0.5, 0.6) is 0 Å². The zero-order valence-electron chi connectivity index (χ0n) is 13.8. The highest BCUT2D eigenvalue weighted by atomic mass is 32.2. The summed E-state index contributed by atoms with van der Waals surface area (Å²) in [7, 11) is 0. The Hall–Kier alpha value is -1.79. The number of carbonyl (C=O) groups excluding carboxylic acids is 1. The molecule has 6 heteroatoms. The van der Waals surface area contributed by atoms with Crippen molar-refractivity contribution in [3.8, 4) is 0 Å². The molecule has 0 aliphatic rings. The van der Waals surface area contributed by atoms with Crippen LogP contribution in [0.25, 0.3) is 0 Å². The Morgan fingerprint density at radius 3 is 2.78 bits per heavy atom. The maximum atomic E-state index is 12.3. The third-order valence-corrected chi connectivity index (χ3v) is 4.31. The number of furan rings is 1. The summed E-state index contributed by atoms with van der Waals surface area (Å²) in [6.07, 6.45) is 1.62.